The number of aryl methyl sites for hydroxylation is 1. The minimum absolute atomic E-state index is 0.107. The molecular weight excluding hydrogens is 395 g/mol. The summed E-state index contributed by atoms with van der Waals surface area (Å²) in [5.74, 6) is -0.432. The van der Waals surface area contributed by atoms with Gasteiger partial charge in [-0.15, -0.1) is 11.3 Å². The Morgan fingerprint density at radius 2 is 1.86 bits per heavy atom. The van der Waals surface area contributed by atoms with Gasteiger partial charge in [0.25, 0.3) is 5.56 Å². The topological polar surface area (TPSA) is 62.8 Å². The van der Waals surface area contributed by atoms with Crippen LogP contribution in [0.5, 0.6) is 0 Å². The van der Waals surface area contributed by atoms with E-state index in [2.05, 4.69) is 9.97 Å². The third-order valence-corrected chi connectivity index (χ3v) is 6.04. The SMILES string of the molecule is Cc1ccc(-c2csc3nc(SCC(=O)c4ccc(F)cc4)[nH]c(=O)c23)cc1. The summed E-state index contributed by atoms with van der Waals surface area (Å²) in [6.45, 7) is 2.01. The summed E-state index contributed by atoms with van der Waals surface area (Å²) in [4.78, 5) is 32.8. The first-order valence-electron chi connectivity index (χ1n) is 8.51. The minimum atomic E-state index is -0.386. The molecule has 0 amide bonds. The predicted molar refractivity (Wildman–Crippen MR) is 112 cm³/mol. The molecule has 4 rings (SSSR count). The van der Waals surface area contributed by atoms with Crippen molar-refractivity contribution in [2.75, 3.05) is 5.75 Å². The van der Waals surface area contributed by atoms with E-state index in [4.69, 9.17) is 0 Å². The van der Waals surface area contributed by atoms with Gasteiger partial charge in [0, 0.05) is 16.5 Å². The number of benzene rings is 2. The molecular formula is C21H15FN2O2S2. The normalized spacial score (nSPS) is 11.1. The highest BCUT2D eigenvalue weighted by molar-refractivity contribution is 7.99. The van der Waals surface area contributed by atoms with Gasteiger partial charge < -0.3 is 4.98 Å². The Bertz CT molecular complexity index is 1210. The molecule has 0 saturated heterocycles. The highest BCUT2D eigenvalue weighted by Crippen LogP contribution is 2.31. The van der Waals surface area contributed by atoms with E-state index < -0.39 is 0 Å². The van der Waals surface area contributed by atoms with Gasteiger partial charge >= 0.3 is 0 Å². The summed E-state index contributed by atoms with van der Waals surface area (Å²) < 4.78 is 13.0. The van der Waals surface area contributed by atoms with Crippen LogP contribution in [0.15, 0.2) is 63.9 Å². The lowest BCUT2D eigenvalue weighted by Crippen LogP contribution is -2.10. The van der Waals surface area contributed by atoms with Crippen molar-refractivity contribution < 1.29 is 9.18 Å². The van der Waals surface area contributed by atoms with Crippen LogP contribution >= 0.6 is 23.1 Å². The van der Waals surface area contributed by atoms with Gasteiger partial charge in [0.05, 0.1) is 11.1 Å². The number of ketones is 1. The standard InChI is InChI=1S/C21H15FN2O2S2/c1-12-2-4-13(5-3-12)16-10-27-20-18(16)19(26)23-21(24-20)28-11-17(25)14-6-8-15(22)9-7-14/h2-10H,11H2,1H3,(H,23,24,26). The number of hydrogen-bond donors (Lipinski definition) is 1. The van der Waals surface area contributed by atoms with Crippen molar-refractivity contribution in [2.24, 2.45) is 0 Å². The molecule has 0 bridgehead atoms. The number of aromatic amines is 1. The summed E-state index contributed by atoms with van der Waals surface area (Å²) in [7, 11) is 0. The van der Waals surface area contributed by atoms with Crippen molar-refractivity contribution in [1.82, 2.24) is 9.97 Å². The lowest BCUT2D eigenvalue weighted by atomic mass is 10.1. The van der Waals surface area contributed by atoms with Crippen molar-refractivity contribution in [2.45, 2.75) is 12.1 Å². The Kier molecular flexibility index (Phi) is 5.11. The quantitative estimate of drug-likeness (QED) is 0.283. The summed E-state index contributed by atoms with van der Waals surface area (Å²) in [6.07, 6.45) is 0. The first-order valence-corrected chi connectivity index (χ1v) is 10.4. The molecule has 4 nitrogen and oxygen atoms in total. The average Bonchev–Trinajstić information content (AvgIpc) is 3.12. The smallest absolute Gasteiger partial charge is 0.260 e. The molecule has 0 aliphatic rings. The first-order chi connectivity index (χ1) is 13.5. The van der Waals surface area contributed by atoms with Crippen LogP contribution in [0, 0.1) is 12.7 Å². The van der Waals surface area contributed by atoms with Gasteiger partial charge in [-0.05, 0) is 36.8 Å². The fraction of sp³-hybridized carbons (Fsp3) is 0.0952. The number of thioether (sulfide) groups is 1. The minimum Gasteiger partial charge on any atom is -0.301 e. The Morgan fingerprint density at radius 1 is 1.14 bits per heavy atom. The third kappa shape index (κ3) is 3.76. The van der Waals surface area contributed by atoms with Gasteiger partial charge in [0.15, 0.2) is 10.9 Å². The van der Waals surface area contributed by atoms with Crippen LogP contribution in [-0.2, 0) is 0 Å². The van der Waals surface area contributed by atoms with Crippen molar-refractivity contribution in [3.05, 3.63) is 81.2 Å². The molecule has 0 aliphatic carbocycles. The van der Waals surface area contributed by atoms with Gasteiger partial charge in [0.2, 0.25) is 0 Å². The Morgan fingerprint density at radius 3 is 2.57 bits per heavy atom. The molecule has 28 heavy (non-hydrogen) atoms. The zero-order chi connectivity index (χ0) is 19.7. The number of carbonyl (C=O) groups is 1. The molecule has 7 heteroatoms. The number of nitrogens with zero attached hydrogens (tertiary/aromatic N) is 1. The Labute approximate surface area is 168 Å². The van der Waals surface area contributed by atoms with Crippen LogP contribution in [0.2, 0.25) is 0 Å². The maximum absolute atomic E-state index is 13.0. The van der Waals surface area contributed by atoms with E-state index in [0.717, 1.165) is 28.5 Å². The number of halogens is 1. The molecule has 0 atom stereocenters. The molecule has 140 valence electrons. The molecule has 0 saturated carbocycles. The van der Waals surface area contributed by atoms with E-state index in [0.29, 0.717) is 20.9 Å². The number of hydrogen-bond acceptors (Lipinski definition) is 5. The number of Topliss-reactive ketones (excluding diaryl/α,β-unsaturated/α-hetero) is 1. The lowest BCUT2D eigenvalue weighted by Gasteiger charge is -2.03. The maximum atomic E-state index is 13.0. The number of fused-ring (bicyclic) bond motifs is 1. The second-order valence-corrected chi connectivity index (χ2v) is 8.11. The Hall–Kier alpha value is -2.77. The van der Waals surface area contributed by atoms with Crippen LogP contribution in [0.25, 0.3) is 21.3 Å². The van der Waals surface area contributed by atoms with Gasteiger partial charge in [-0.1, -0.05) is 41.6 Å². The zero-order valence-electron chi connectivity index (χ0n) is 14.9. The molecule has 0 aliphatic heterocycles. The van der Waals surface area contributed by atoms with Gasteiger partial charge in [-0.3, -0.25) is 9.59 Å². The Balaban J connectivity index is 1.58. The second kappa shape index (κ2) is 7.69. The second-order valence-electron chi connectivity index (χ2n) is 6.29. The summed E-state index contributed by atoms with van der Waals surface area (Å²) >= 11 is 2.56. The molecule has 4 aromatic rings. The van der Waals surface area contributed by atoms with Crippen LogP contribution in [0.1, 0.15) is 15.9 Å². The fourth-order valence-electron chi connectivity index (χ4n) is 2.80. The van der Waals surface area contributed by atoms with E-state index in [9.17, 15) is 14.0 Å². The fourth-order valence-corrected chi connectivity index (χ4v) is 4.56. The lowest BCUT2D eigenvalue weighted by molar-refractivity contribution is 0.102. The number of aromatic nitrogens is 2. The molecule has 0 unspecified atom stereocenters. The maximum Gasteiger partial charge on any atom is 0.260 e. The zero-order valence-corrected chi connectivity index (χ0v) is 16.5. The third-order valence-electron chi connectivity index (χ3n) is 4.29. The molecule has 0 radical (unpaired) electrons. The van der Waals surface area contributed by atoms with Crippen molar-refractivity contribution in [3.8, 4) is 11.1 Å². The van der Waals surface area contributed by atoms with Crippen LogP contribution in [0.3, 0.4) is 0 Å². The molecule has 0 spiro atoms. The van der Waals surface area contributed by atoms with Gasteiger partial charge in [-0.2, -0.15) is 0 Å². The molecule has 2 heterocycles. The number of rotatable bonds is 5. The number of carbonyl (C=O) groups excluding carboxylic acids is 1. The van der Waals surface area contributed by atoms with Crippen LogP contribution in [0.4, 0.5) is 4.39 Å². The molecule has 0 fully saturated rings. The summed E-state index contributed by atoms with van der Waals surface area (Å²) in [5.41, 5.74) is 3.18. The average molecular weight is 410 g/mol. The van der Waals surface area contributed by atoms with E-state index in [-0.39, 0.29) is 22.9 Å². The van der Waals surface area contributed by atoms with E-state index in [1.165, 1.54) is 35.6 Å². The summed E-state index contributed by atoms with van der Waals surface area (Å²) in [5, 5.41) is 2.88. The van der Waals surface area contributed by atoms with E-state index in [1.807, 2.05) is 36.6 Å². The van der Waals surface area contributed by atoms with Crippen molar-refractivity contribution >= 4 is 39.1 Å². The van der Waals surface area contributed by atoms with Crippen LogP contribution in [-0.4, -0.2) is 21.5 Å². The number of thiophene rings is 1. The van der Waals surface area contributed by atoms with Crippen LogP contribution < -0.4 is 5.56 Å². The summed E-state index contributed by atoms with van der Waals surface area (Å²) in [6, 6.07) is 13.4. The number of H-pyrrole nitrogens is 1. The predicted octanol–water partition coefficient (Wildman–Crippen LogP) is 5.07. The monoisotopic (exact) mass is 410 g/mol. The molecule has 2 aromatic heterocycles. The van der Waals surface area contributed by atoms with Crippen molar-refractivity contribution in [3.63, 3.8) is 0 Å². The van der Waals surface area contributed by atoms with Crippen molar-refractivity contribution in [1.29, 1.82) is 0 Å². The van der Waals surface area contributed by atoms with Gasteiger partial charge in [0.1, 0.15) is 10.6 Å². The highest BCUT2D eigenvalue weighted by atomic mass is 32.2. The molecule has 2 aromatic carbocycles. The van der Waals surface area contributed by atoms with Gasteiger partial charge in [-0.25, -0.2) is 9.37 Å². The first kappa shape index (κ1) is 18.6. The van der Waals surface area contributed by atoms with E-state index >= 15 is 0 Å². The highest BCUT2D eigenvalue weighted by Gasteiger charge is 2.14. The van der Waals surface area contributed by atoms with E-state index in [1.54, 1.807) is 0 Å². The largest absolute Gasteiger partial charge is 0.301 e. The molecule has 1 N–H and O–H groups in total. The number of nitrogens with one attached hydrogen (secondary N) is 1.